The predicted molar refractivity (Wildman–Crippen MR) is 55.4 cm³/mol. The Labute approximate surface area is 90.0 Å². The van der Waals surface area contributed by atoms with Crippen molar-refractivity contribution in [2.75, 3.05) is 6.61 Å². The molecular weight excluding hydrogens is 194 g/mol. The Morgan fingerprint density at radius 2 is 2.00 bits per heavy atom. The molecule has 1 unspecified atom stereocenters. The van der Waals surface area contributed by atoms with Crippen LogP contribution in [-0.4, -0.2) is 35.9 Å². The van der Waals surface area contributed by atoms with E-state index < -0.39 is 0 Å². The van der Waals surface area contributed by atoms with Gasteiger partial charge < -0.3 is 15.2 Å². The molecule has 2 rings (SSSR count). The van der Waals surface area contributed by atoms with Gasteiger partial charge in [0, 0.05) is 6.61 Å². The van der Waals surface area contributed by atoms with Crippen molar-refractivity contribution in [2.24, 2.45) is 0 Å². The van der Waals surface area contributed by atoms with Gasteiger partial charge in [-0.3, -0.25) is 4.79 Å². The van der Waals surface area contributed by atoms with Gasteiger partial charge in [0.1, 0.15) is 6.10 Å². The molecule has 4 heteroatoms. The van der Waals surface area contributed by atoms with Gasteiger partial charge in [0.25, 0.3) is 0 Å². The SMILES string of the molecule is O=C(N[C@@H]1CCCC[C@H]1O)C1CCCO1. The lowest BCUT2D eigenvalue weighted by Gasteiger charge is -2.29. The molecule has 1 aliphatic carbocycles. The highest BCUT2D eigenvalue weighted by molar-refractivity contribution is 5.81. The standard InChI is InChI=1S/C11H19NO3/c13-9-5-2-1-4-8(9)12-11(14)10-6-3-7-15-10/h8-10,13H,1-7H2,(H,12,14)/t8-,9-,10?/m1/s1. The Morgan fingerprint density at radius 3 is 2.67 bits per heavy atom. The fraction of sp³-hybridized carbons (Fsp3) is 0.909. The number of hydrogen-bond acceptors (Lipinski definition) is 3. The molecule has 2 fully saturated rings. The van der Waals surface area contributed by atoms with E-state index in [0.29, 0.717) is 6.61 Å². The van der Waals surface area contributed by atoms with Crippen LogP contribution in [0.25, 0.3) is 0 Å². The van der Waals surface area contributed by atoms with Crippen LogP contribution in [0.4, 0.5) is 0 Å². The van der Waals surface area contributed by atoms with E-state index in [1.807, 2.05) is 0 Å². The molecule has 0 aromatic heterocycles. The summed E-state index contributed by atoms with van der Waals surface area (Å²) in [5, 5.41) is 12.6. The number of ether oxygens (including phenoxy) is 1. The molecule has 0 aromatic carbocycles. The molecular formula is C11H19NO3. The van der Waals surface area contributed by atoms with Gasteiger partial charge in [-0.05, 0) is 25.7 Å². The highest BCUT2D eigenvalue weighted by Gasteiger charge is 2.29. The summed E-state index contributed by atoms with van der Waals surface area (Å²) >= 11 is 0. The second-order valence-corrected chi connectivity index (χ2v) is 4.47. The second kappa shape index (κ2) is 4.94. The number of hydrogen-bond donors (Lipinski definition) is 2. The molecule has 15 heavy (non-hydrogen) atoms. The highest BCUT2D eigenvalue weighted by atomic mass is 16.5. The fourth-order valence-electron chi connectivity index (χ4n) is 2.34. The molecule has 4 nitrogen and oxygen atoms in total. The molecule has 86 valence electrons. The van der Waals surface area contributed by atoms with E-state index in [0.717, 1.165) is 38.5 Å². The van der Waals surface area contributed by atoms with Crippen molar-refractivity contribution in [3.05, 3.63) is 0 Å². The van der Waals surface area contributed by atoms with E-state index in [1.165, 1.54) is 0 Å². The van der Waals surface area contributed by atoms with Crippen LogP contribution in [0.15, 0.2) is 0 Å². The van der Waals surface area contributed by atoms with Crippen molar-refractivity contribution in [3.63, 3.8) is 0 Å². The minimum absolute atomic E-state index is 0.0431. The van der Waals surface area contributed by atoms with Crippen molar-refractivity contribution in [1.29, 1.82) is 0 Å². The van der Waals surface area contributed by atoms with Crippen LogP contribution in [0.1, 0.15) is 38.5 Å². The number of nitrogens with one attached hydrogen (secondary N) is 1. The third-order valence-corrected chi connectivity index (χ3v) is 3.28. The van der Waals surface area contributed by atoms with Crippen LogP contribution in [0.2, 0.25) is 0 Å². The molecule has 1 saturated heterocycles. The second-order valence-electron chi connectivity index (χ2n) is 4.47. The molecule has 1 saturated carbocycles. The van der Waals surface area contributed by atoms with Gasteiger partial charge in [-0.25, -0.2) is 0 Å². The van der Waals surface area contributed by atoms with Gasteiger partial charge in [-0.15, -0.1) is 0 Å². The zero-order valence-corrected chi connectivity index (χ0v) is 8.95. The van der Waals surface area contributed by atoms with E-state index in [-0.39, 0.29) is 24.2 Å². The van der Waals surface area contributed by atoms with Gasteiger partial charge in [-0.1, -0.05) is 12.8 Å². The van der Waals surface area contributed by atoms with Crippen LogP contribution in [0, 0.1) is 0 Å². The minimum atomic E-state index is -0.371. The van der Waals surface area contributed by atoms with Gasteiger partial charge in [0.15, 0.2) is 0 Å². The van der Waals surface area contributed by atoms with Gasteiger partial charge >= 0.3 is 0 Å². The molecule has 2 N–H and O–H groups in total. The lowest BCUT2D eigenvalue weighted by molar-refractivity contribution is -0.132. The molecule has 0 radical (unpaired) electrons. The molecule has 0 bridgehead atoms. The van der Waals surface area contributed by atoms with Crippen LogP contribution in [-0.2, 0) is 9.53 Å². The summed E-state index contributed by atoms with van der Waals surface area (Å²) in [7, 11) is 0. The first-order valence-electron chi connectivity index (χ1n) is 5.87. The van der Waals surface area contributed by atoms with Gasteiger partial charge in [0.05, 0.1) is 12.1 Å². The third kappa shape index (κ3) is 2.69. The average Bonchev–Trinajstić information content (AvgIpc) is 2.74. The lowest BCUT2D eigenvalue weighted by atomic mass is 9.92. The number of aliphatic hydroxyl groups is 1. The Bertz CT molecular complexity index is 226. The van der Waals surface area contributed by atoms with E-state index in [1.54, 1.807) is 0 Å². The van der Waals surface area contributed by atoms with Gasteiger partial charge in [-0.2, -0.15) is 0 Å². The summed E-state index contributed by atoms with van der Waals surface area (Å²) in [5.74, 6) is -0.0431. The number of aliphatic hydroxyl groups excluding tert-OH is 1. The van der Waals surface area contributed by atoms with Crippen molar-refractivity contribution in [2.45, 2.75) is 56.8 Å². The molecule has 1 aliphatic heterocycles. The monoisotopic (exact) mass is 213 g/mol. The van der Waals surface area contributed by atoms with E-state index >= 15 is 0 Å². The molecule has 0 spiro atoms. The summed E-state index contributed by atoms with van der Waals surface area (Å²) in [6.07, 6.45) is 4.97. The third-order valence-electron chi connectivity index (χ3n) is 3.28. The maximum absolute atomic E-state index is 11.7. The van der Waals surface area contributed by atoms with E-state index in [2.05, 4.69) is 5.32 Å². The lowest BCUT2D eigenvalue weighted by Crippen LogP contribution is -2.48. The fourth-order valence-corrected chi connectivity index (χ4v) is 2.34. The van der Waals surface area contributed by atoms with Crippen molar-refractivity contribution >= 4 is 5.91 Å². The first-order valence-corrected chi connectivity index (χ1v) is 5.87. The zero-order valence-electron chi connectivity index (χ0n) is 8.95. The Balaban J connectivity index is 1.81. The Hall–Kier alpha value is -0.610. The van der Waals surface area contributed by atoms with Crippen LogP contribution in [0.3, 0.4) is 0 Å². The zero-order chi connectivity index (χ0) is 10.7. The smallest absolute Gasteiger partial charge is 0.249 e. The topological polar surface area (TPSA) is 58.6 Å². The molecule has 3 atom stereocenters. The first-order chi connectivity index (χ1) is 7.27. The molecule has 0 aromatic rings. The molecule has 1 amide bonds. The summed E-state index contributed by atoms with van der Waals surface area (Å²) in [6, 6.07) is -0.0598. The normalized spacial score (nSPS) is 36.5. The molecule has 2 aliphatic rings. The summed E-state index contributed by atoms with van der Waals surface area (Å²) < 4.78 is 5.30. The number of amides is 1. The average molecular weight is 213 g/mol. The minimum Gasteiger partial charge on any atom is -0.391 e. The summed E-state index contributed by atoms with van der Waals surface area (Å²) in [5.41, 5.74) is 0. The number of rotatable bonds is 2. The van der Waals surface area contributed by atoms with E-state index in [9.17, 15) is 9.90 Å². The number of carbonyl (C=O) groups is 1. The maximum atomic E-state index is 11.7. The Morgan fingerprint density at radius 1 is 1.20 bits per heavy atom. The highest BCUT2D eigenvalue weighted by Crippen LogP contribution is 2.19. The van der Waals surface area contributed by atoms with Crippen LogP contribution < -0.4 is 5.32 Å². The summed E-state index contributed by atoms with van der Waals surface area (Å²) in [4.78, 5) is 11.7. The largest absolute Gasteiger partial charge is 0.391 e. The maximum Gasteiger partial charge on any atom is 0.249 e. The first kappa shape index (κ1) is 10.9. The Kier molecular flexibility index (Phi) is 3.59. The van der Waals surface area contributed by atoms with Crippen molar-refractivity contribution < 1.29 is 14.6 Å². The van der Waals surface area contributed by atoms with Crippen LogP contribution in [0.5, 0.6) is 0 Å². The quantitative estimate of drug-likeness (QED) is 0.705. The molecule has 1 heterocycles. The summed E-state index contributed by atoms with van der Waals surface area (Å²) in [6.45, 7) is 0.686. The van der Waals surface area contributed by atoms with Gasteiger partial charge in [0.2, 0.25) is 5.91 Å². The van der Waals surface area contributed by atoms with Crippen molar-refractivity contribution in [3.8, 4) is 0 Å². The number of carbonyl (C=O) groups excluding carboxylic acids is 1. The van der Waals surface area contributed by atoms with Crippen LogP contribution >= 0.6 is 0 Å². The van der Waals surface area contributed by atoms with Crippen molar-refractivity contribution in [1.82, 2.24) is 5.32 Å². The van der Waals surface area contributed by atoms with E-state index in [4.69, 9.17) is 4.74 Å². The predicted octanol–water partition coefficient (Wildman–Crippen LogP) is 0.585.